The molecule has 10 nitrogen and oxygen atoms in total. The second kappa shape index (κ2) is 12.3. The quantitative estimate of drug-likeness (QED) is 0.181. The largest absolute Gasteiger partial charge is 0.495 e. The van der Waals surface area contributed by atoms with Crippen molar-refractivity contribution in [3.05, 3.63) is 77.2 Å². The highest BCUT2D eigenvalue weighted by atomic mass is 35.5. The van der Waals surface area contributed by atoms with E-state index in [1.165, 1.54) is 20.3 Å². The molecular formula is C32H30Cl2N6O4. The zero-order chi connectivity index (χ0) is 31.0. The Morgan fingerprint density at radius 3 is 2.61 bits per heavy atom. The lowest BCUT2D eigenvalue weighted by atomic mass is 10.0. The van der Waals surface area contributed by atoms with Crippen LogP contribution in [0.25, 0.3) is 27.8 Å². The molecule has 1 atom stereocenters. The number of carbonyl (C=O) groups is 1. The van der Waals surface area contributed by atoms with E-state index < -0.39 is 0 Å². The molecule has 2 aromatic carbocycles. The molecule has 1 fully saturated rings. The number of hydrogen-bond donors (Lipinski definition) is 1. The summed E-state index contributed by atoms with van der Waals surface area (Å²) in [6, 6.07) is 9.53. The number of aromatic nitrogens is 4. The number of hydrogen-bond acceptors (Lipinski definition) is 9. The van der Waals surface area contributed by atoms with Crippen LogP contribution in [0.15, 0.2) is 61.6 Å². The predicted molar refractivity (Wildman–Crippen MR) is 173 cm³/mol. The van der Waals surface area contributed by atoms with Gasteiger partial charge in [0.2, 0.25) is 5.95 Å². The molecule has 4 heterocycles. The summed E-state index contributed by atoms with van der Waals surface area (Å²) >= 11 is 13.5. The summed E-state index contributed by atoms with van der Waals surface area (Å²) < 4.78 is 18.5. The van der Waals surface area contributed by atoms with Gasteiger partial charge in [-0.2, -0.15) is 4.98 Å². The Labute approximate surface area is 264 Å². The number of anilines is 3. The topological polar surface area (TPSA) is 103 Å². The molecule has 12 heteroatoms. The van der Waals surface area contributed by atoms with Gasteiger partial charge in [-0.3, -0.25) is 9.20 Å². The van der Waals surface area contributed by atoms with E-state index >= 15 is 0 Å². The number of carbonyl (C=O) groups excluding carboxylic acids is 1. The molecule has 0 radical (unpaired) electrons. The molecule has 0 spiro atoms. The number of ketones is 1. The predicted octanol–water partition coefficient (Wildman–Crippen LogP) is 6.53. The minimum absolute atomic E-state index is 0.0841. The van der Waals surface area contributed by atoms with Crippen LogP contribution in [0.1, 0.15) is 12.5 Å². The fourth-order valence-corrected chi connectivity index (χ4v) is 6.12. The van der Waals surface area contributed by atoms with Crippen LogP contribution in [0, 0.1) is 0 Å². The molecule has 1 unspecified atom stereocenters. The third kappa shape index (κ3) is 5.52. The molecule has 1 aliphatic heterocycles. The molecule has 1 saturated heterocycles. The lowest BCUT2D eigenvalue weighted by molar-refractivity contribution is -0.114. The van der Waals surface area contributed by atoms with Crippen LogP contribution in [-0.4, -0.2) is 65.2 Å². The molecule has 0 aliphatic carbocycles. The van der Waals surface area contributed by atoms with Gasteiger partial charge in [0.1, 0.15) is 17.1 Å². The first-order valence-corrected chi connectivity index (χ1v) is 14.7. The van der Waals surface area contributed by atoms with E-state index in [1.807, 2.05) is 34.9 Å². The molecule has 0 saturated carbocycles. The van der Waals surface area contributed by atoms with Gasteiger partial charge in [-0.05, 0) is 42.8 Å². The van der Waals surface area contributed by atoms with Crippen LogP contribution in [0.4, 0.5) is 17.3 Å². The Morgan fingerprint density at radius 2 is 1.91 bits per heavy atom. The van der Waals surface area contributed by atoms with Crippen molar-refractivity contribution in [2.75, 3.05) is 44.1 Å². The van der Waals surface area contributed by atoms with Crippen molar-refractivity contribution in [1.82, 2.24) is 19.4 Å². The number of nitrogens with zero attached hydrogens (tertiary/aromatic N) is 5. The van der Waals surface area contributed by atoms with Crippen molar-refractivity contribution in [3.63, 3.8) is 0 Å². The Hall–Kier alpha value is -4.38. The minimum atomic E-state index is -0.0841. The number of nitrogens with one attached hydrogen (secondary N) is 1. The van der Waals surface area contributed by atoms with Gasteiger partial charge < -0.3 is 24.4 Å². The number of pyridine rings is 1. The van der Waals surface area contributed by atoms with E-state index in [-0.39, 0.29) is 18.3 Å². The van der Waals surface area contributed by atoms with Gasteiger partial charge in [0, 0.05) is 72.1 Å². The van der Waals surface area contributed by atoms with Crippen molar-refractivity contribution in [2.24, 2.45) is 0 Å². The van der Waals surface area contributed by atoms with Gasteiger partial charge in [-0.25, -0.2) is 9.97 Å². The Kier molecular flexibility index (Phi) is 8.31. The molecule has 3 aromatic heterocycles. The summed E-state index contributed by atoms with van der Waals surface area (Å²) in [7, 11) is 3.06. The molecular weight excluding hydrogens is 603 g/mol. The van der Waals surface area contributed by atoms with Gasteiger partial charge in [0.05, 0.1) is 37.0 Å². The van der Waals surface area contributed by atoms with Crippen LogP contribution in [0.5, 0.6) is 11.5 Å². The highest BCUT2D eigenvalue weighted by Gasteiger charge is 2.23. The molecule has 5 aromatic rings. The summed E-state index contributed by atoms with van der Waals surface area (Å²) in [4.78, 5) is 28.7. The van der Waals surface area contributed by atoms with Crippen molar-refractivity contribution < 1.29 is 19.0 Å². The van der Waals surface area contributed by atoms with Crippen molar-refractivity contribution in [3.8, 4) is 22.6 Å². The van der Waals surface area contributed by atoms with E-state index in [2.05, 4.69) is 33.7 Å². The van der Waals surface area contributed by atoms with Crippen LogP contribution in [-0.2, 0) is 16.0 Å². The maximum atomic E-state index is 12.4. The van der Waals surface area contributed by atoms with E-state index in [4.69, 9.17) is 42.4 Å². The monoisotopic (exact) mass is 632 g/mol. The number of morpholine rings is 1. The summed E-state index contributed by atoms with van der Waals surface area (Å²) in [6.07, 6.45) is 6.85. The van der Waals surface area contributed by atoms with E-state index in [0.29, 0.717) is 56.5 Å². The molecule has 0 amide bonds. The summed E-state index contributed by atoms with van der Waals surface area (Å²) in [5, 5.41) is 4.71. The van der Waals surface area contributed by atoms with Crippen LogP contribution in [0.2, 0.25) is 10.0 Å². The Morgan fingerprint density at radius 1 is 1.14 bits per heavy atom. The van der Waals surface area contributed by atoms with Crippen LogP contribution < -0.4 is 19.7 Å². The van der Waals surface area contributed by atoms with Crippen LogP contribution >= 0.6 is 23.2 Å². The van der Waals surface area contributed by atoms with Crippen molar-refractivity contribution in [1.29, 1.82) is 0 Å². The number of halogens is 2. The number of imidazole rings is 1. The zero-order valence-electron chi connectivity index (χ0n) is 24.4. The van der Waals surface area contributed by atoms with Gasteiger partial charge in [-0.1, -0.05) is 29.8 Å². The average molecular weight is 634 g/mol. The fourth-order valence-electron chi connectivity index (χ4n) is 5.42. The summed E-state index contributed by atoms with van der Waals surface area (Å²) in [5.41, 5.74) is 4.95. The summed E-state index contributed by atoms with van der Waals surface area (Å²) in [6.45, 7) is 7.91. The standard InChI is InChI=1S/C32H30Cl2N6O4/c1-5-22(41)13-19-12-21(39-10-11-44-18(2)17-39)6-7-24(19)37-32-36-16-20-14-23(31-35-8-9-40(31)30(20)38-32)27-28(33)25(42-3)15-26(43-4)29(27)34/h5-9,12,14-16,18H,1,10-11,13,17H2,2-4H3,(H,36,37,38). The van der Waals surface area contributed by atoms with E-state index in [0.717, 1.165) is 35.4 Å². The smallest absolute Gasteiger partial charge is 0.229 e. The maximum Gasteiger partial charge on any atom is 0.229 e. The average Bonchev–Trinajstić information content (AvgIpc) is 3.53. The molecule has 6 rings (SSSR count). The molecule has 44 heavy (non-hydrogen) atoms. The number of benzene rings is 2. The molecule has 0 bridgehead atoms. The molecule has 226 valence electrons. The first-order chi connectivity index (χ1) is 21.3. The number of allylic oxidation sites excluding steroid dienone is 1. The normalized spacial score (nSPS) is 15.0. The molecule has 1 aliphatic rings. The first kappa shape index (κ1) is 29.7. The first-order valence-electron chi connectivity index (χ1n) is 14.0. The minimum Gasteiger partial charge on any atom is -0.495 e. The third-order valence-electron chi connectivity index (χ3n) is 7.58. The van der Waals surface area contributed by atoms with Gasteiger partial charge in [-0.15, -0.1) is 0 Å². The fraction of sp³-hybridized carbons (Fsp3) is 0.250. The lowest BCUT2D eigenvalue weighted by Gasteiger charge is -2.33. The van der Waals surface area contributed by atoms with Gasteiger partial charge in [0.25, 0.3) is 0 Å². The zero-order valence-corrected chi connectivity index (χ0v) is 25.9. The number of rotatable bonds is 9. The van der Waals surface area contributed by atoms with Crippen molar-refractivity contribution in [2.45, 2.75) is 19.4 Å². The van der Waals surface area contributed by atoms with Crippen molar-refractivity contribution >= 4 is 63.0 Å². The van der Waals surface area contributed by atoms with E-state index in [1.54, 1.807) is 18.5 Å². The van der Waals surface area contributed by atoms with Gasteiger partial charge in [0.15, 0.2) is 11.4 Å². The third-order valence-corrected chi connectivity index (χ3v) is 8.33. The second-order valence-electron chi connectivity index (χ2n) is 10.4. The number of ether oxygens (including phenoxy) is 3. The van der Waals surface area contributed by atoms with Crippen LogP contribution in [0.3, 0.4) is 0 Å². The highest BCUT2D eigenvalue weighted by molar-refractivity contribution is 6.41. The number of fused-ring (bicyclic) bond motifs is 3. The highest BCUT2D eigenvalue weighted by Crippen LogP contribution is 2.47. The Balaban J connectivity index is 1.41. The Bertz CT molecular complexity index is 1880. The number of methoxy groups -OCH3 is 2. The maximum absolute atomic E-state index is 12.4. The van der Waals surface area contributed by atoms with E-state index in [9.17, 15) is 4.79 Å². The van der Waals surface area contributed by atoms with Gasteiger partial charge >= 0.3 is 0 Å². The SMILES string of the molecule is C=CC(=O)Cc1cc(N2CCOC(C)C2)ccc1Nc1ncc2cc(-c3c(Cl)c(OC)cc(OC)c3Cl)c3nccn3c2n1. The summed E-state index contributed by atoms with van der Waals surface area (Å²) in [5.74, 6) is 1.12. The second-order valence-corrected chi connectivity index (χ2v) is 11.1. The lowest BCUT2D eigenvalue weighted by Crippen LogP contribution is -2.41. The molecule has 1 N–H and O–H groups in total.